The Labute approximate surface area is 147 Å². The van der Waals surface area contributed by atoms with E-state index in [-0.39, 0.29) is 11.4 Å². The van der Waals surface area contributed by atoms with Crippen LogP contribution in [0, 0.1) is 0 Å². The molecule has 0 aliphatic heterocycles. The van der Waals surface area contributed by atoms with Crippen LogP contribution in [-0.2, 0) is 16.6 Å². The number of hydrogen-bond donors (Lipinski definition) is 0. The van der Waals surface area contributed by atoms with Crippen LogP contribution in [0.2, 0.25) is 0 Å². The minimum atomic E-state index is -3.66. The van der Waals surface area contributed by atoms with Gasteiger partial charge in [0.15, 0.2) is 0 Å². The molecule has 3 aromatic rings. The summed E-state index contributed by atoms with van der Waals surface area (Å²) in [5.41, 5.74) is 1.72. The van der Waals surface area contributed by atoms with Crippen LogP contribution in [-0.4, -0.2) is 36.7 Å². The van der Waals surface area contributed by atoms with Gasteiger partial charge in [-0.05, 0) is 24.3 Å². The average Bonchev–Trinajstić information content (AvgIpc) is 3.11. The summed E-state index contributed by atoms with van der Waals surface area (Å²) in [5, 5.41) is 4.30. The lowest BCUT2D eigenvalue weighted by Crippen LogP contribution is -2.26. The molecular formula is C18H19N3O3S. The van der Waals surface area contributed by atoms with E-state index < -0.39 is 10.0 Å². The number of aromatic nitrogens is 2. The number of hydrogen-bond acceptors (Lipinski definition) is 4. The molecule has 7 heteroatoms. The number of sulfonamides is 1. The van der Waals surface area contributed by atoms with Gasteiger partial charge in [0, 0.05) is 25.4 Å². The third kappa shape index (κ3) is 3.57. The summed E-state index contributed by atoms with van der Waals surface area (Å²) in [6.07, 6.45) is 3.49. The Bertz CT molecular complexity index is 952. The molecule has 25 heavy (non-hydrogen) atoms. The molecule has 0 amide bonds. The van der Waals surface area contributed by atoms with Crippen LogP contribution < -0.4 is 4.74 Å². The van der Waals surface area contributed by atoms with Crippen molar-refractivity contribution >= 4 is 10.0 Å². The normalized spacial score (nSPS) is 11.6. The average molecular weight is 357 g/mol. The van der Waals surface area contributed by atoms with Crippen molar-refractivity contribution in [2.75, 3.05) is 14.2 Å². The second-order valence-electron chi connectivity index (χ2n) is 5.54. The standard InChI is InChI=1S/C18H19N3O3S/c1-20(25(22,23)18-11-7-6-10-17(18)24-2)13-15-12-19-21(14-15)16-8-4-3-5-9-16/h3-12,14H,13H2,1-2H3. The van der Waals surface area contributed by atoms with Crippen molar-refractivity contribution in [3.8, 4) is 11.4 Å². The van der Waals surface area contributed by atoms with Crippen LogP contribution in [0.15, 0.2) is 71.9 Å². The molecule has 0 aliphatic rings. The predicted octanol–water partition coefficient (Wildman–Crippen LogP) is 2.70. The van der Waals surface area contributed by atoms with E-state index in [2.05, 4.69) is 5.10 Å². The maximum absolute atomic E-state index is 12.8. The number of nitrogens with zero attached hydrogens (tertiary/aromatic N) is 3. The lowest BCUT2D eigenvalue weighted by atomic mass is 10.3. The summed E-state index contributed by atoms with van der Waals surface area (Å²) < 4.78 is 33.8. The highest BCUT2D eigenvalue weighted by Gasteiger charge is 2.24. The van der Waals surface area contributed by atoms with Crippen LogP contribution in [0.1, 0.15) is 5.56 Å². The van der Waals surface area contributed by atoms with Gasteiger partial charge in [-0.2, -0.15) is 9.40 Å². The Morgan fingerprint density at radius 2 is 1.76 bits per heavy atom. The van der Waals surface area contributed by atoms with Gasteiger partial charge in [0.25, 0.3) is 0 Å². The minimum Gasteiger partial charge on any atom is -0.495 e. The lowest BCUT2D eigenvalue weighted by molar-refractivity contribution is 0.397. The quantitative estimate of drug-likeness (QED) is 0.680. The van der Waals surface area contributed by atoms with E-state index >= 15 is 0 Å². The van der Waals surface area contributed by atoms with E-state index in [4.69, 9.17) is 4.74 Å². The molecule has 0 saturated heterocycles. The number of methoxy groups -OCH3 is 1. The fraction of sp³-hybridized carbons (Fsp3) is 0.167. The van der Waals surface area contributed by atoms with Gasteiger partial charge in [0.05, 0.1) is 19.0 Å². The highest BCUT2D eigenvalue weighted by Crippen LogP contribution is 2.26. The Kier molecular flexibility index (Phi) is 4.87. The Morgan fingerprint density at radius 1 is 1.08 bits per heavy atom. The largest absolute Gasteiger partial charge is 0.495 e. The van der Waals surface area contributed by atoms with Gasteiger partial charge in [0.2, 0.25) is 10.0 Å². The predicted molar refractivity (Wildman–Crippen MR) is 95.2 cm³/mol. The lowest BCUT2D eigenvalue weighted by Gasteiger charge is -2.18. The van der Waals surface area contributed by atoms with Crippen molar-refractivity contribution < 1.29 is 13.2 Å². The first-order chi connectivity index (χ1) is 12.0. The minimum absolute atomic E-state index is 0.149. The van der Waals surface area contributed by atoms with Crippen LogP contribution in [0.3, 0.4) is 0 Å². The highest BCUT2D eigenvalue weighted by atomic mass is 32.2. The molecular weight excluding hydrogens is 338 g/mol. The van der Waals surface area contributed by atoms with E-state index in [0.29, 0.717) is 5.75 Å². The Hall–Kier alpha value is -2.64. The molecule has 0 fully saturated rings. The molecule has 2 aromatic carbocycles. The van der Waals surface area contributed by atoms with E-state index in [1.54, 1.807) is 36.1 Å². The van der Waals surface area contributed by atoms with Crippen molar-refractivity contribution in [3.05, 3.63) is 72.6 Å². The second-order valence-corrected chi connectivity index (χ2v) is 7.55. The second kappa shape index (κ2) is 7.08. The Balaban J connectivity index is 1.82. The fourth-order valence-corrected chi connectivity index (χ4v) is 3.82. The van der Waals surface area contributed by atoms with Crippen LogP contribution in [0.5, 0.6) is 5.75 Å². The SMILES string of the molecule is COc1ccccc1S(=O)(=O)N(C)Cc1cnn(-c2ccccc2)c1. The maximum Gasteiger partial charge on any atom is 0.246 e. The molecule has 0 bridgehead atoms. The maximum atomic E-state index is 12.8. The van der Waals surface area contributed by atoms with Crippen molar-refractivity contribution in [1.82, 2.24) is 14.1 Å². The third-order valence-electron chi connectivity index (χ3n) is 3.82. The van der Waals surface area contributed by atoms with E-state index in [1.807, 2.05) is 36.5 Å². The first-order valence-electron chi connectivity index (χ1n) is 7.70. The van der Waals surface area contributed by atoms with Crippen molar-refractivity contribution in [3.63, 3.8) is 0 Å². The van der Waals surface area contributed by atoms with E-state index in [9.17, 15) is 8.42 Å². The molecule has 1 aromatic heterocycles. The van der Waals surface area contributed by atoms with Gasteiger partial charge in [0.1, 0.15) is 10.6 Å². The molecule has 130 valence electrons. The number of ether oxygens (including phenoxy) is 1. The van der Waals surface area contributed by atoms with E-state index in [0.717, 1.165) is 11.3 Å². The van der Waals surface area contributed by atoms with E-state index in [1.165, 1.54) is 17.5 Å². The zero-order valence-electron chi connectivity index (χ0n) is 14.0. The zero-order valence-corrected chi connectivity index (χ0v) is 14.8. The van der Waals surface area contributed by atoms with Crippen molar-refractivity contribution in [2.45, 2.75) is 11.4 Å². The van der Waals surface area contributed by atoms with Gasteiger partial charge in [-0.1, -0.05) is 30.3 Å². The first kappa shape index (κ1) is 17.2. The number of para-hydroxylation sites is 2. The van der Waals surface area contributed by atoms with Crippen LogP contribution in [0.25, 0.3) is 5.69 Å². The summed E-state index contributed by atoms with van der Waals surface area (Å²) in [4.78, 5) is 0.149. The van der Waals surface area contributed by atoms with Crippen LogP contribution in [0.4, 0.5) is 0 Å². The molecule has 0 saturated carbocycles. The molecule has 0 atom stereocenters. The molecule has 0 aliphatic carbocycles. The third-order valence-corrected chi connectivity index (χ3v) is 5.66. The summed E-state index contributed by atoms with van der Waals surface area (Å²) in [5.74, 6) is 0.328. The number of rotatable bonds is 6. The molecule has 6 nitrogen and oxygen atoms in total. The van der Waals surface area contributed by atoms with Gasteiger partial charge in [-0.25, -0.2) is 13.1 Å². The molecule has 3 rings (SSSR count). The fourth-order valence-electron chi connectivity index (χ4n) is 2.51. The smallest absolute Gasteiger partial charge is 0.246 e. The van der Waals surface area contributed by atoms with Gasteiger partial charge in [-0.15, -0.1) is 0 Å². The first-order valence-corrected chi connectivity index (χ1v) is 9.14. The Morgan fingerprint density at radius 3 is 2.48 bits per heavy atom. The highest BCUT2D eigenvalue weighted by molar-refractivity contribution is 7.89. The van der Waals surface area contributed by atoms with Crippen LogP contribution >= 0.6 is 0 Å². The molecule has 0 spiro atoms. The van der Waals surface area contributed by atoms with Crippen molar-refractivity contribution in [2.24, 2.45) is 0 Å². The summed E-state index contributed by atoms with van der Waals surface area (Å²) in [7, 11) is -0.664. The van der Waals surface area contributed by atoms with Crippen molar-refractivity contribution in [1.29, 1.82) is 0 Å². The number of benzene rings is 2. The molecule has 0 N–H and O–H groups in total. The monoisotopic (exact) mass is 357 g/mol. The molecule has 1 heterocycles. The van der Waals surface area contributed by atoms with Gasteiger partial charge >= 0.3 is 0 Å². The zero-order chi connectivity index (χ0) is 17.9. The molecule has 0 radical (unpaired) electrons. The van der Waals surface area contributed by atoms with Gasteiger partial charge in [-0.3, -0.25) is 0 Å². The summed E-state index contributed by atoms with van der Waals surface area (Å²) >= 11 is 0. The van der Waals surface area contributed by atoms with Gasteiger partial charge < -0.3 is 4.74 Å². The summed E-state index contributed by atoms with van der Waals surface area (Å²) in [6.45, 7) is 0.215. The summed E-state index contributed by atoms with van der Waals surface area (Å²) in [6, 6.07) is 16.2. The topological polar surface area (TPSA) is 64.4 Å². The molecule has 0 unspecified atom stereocenters.